The molecule has 0 fully saturated rings. The first kappa shape index (κ1) is 21.8. The van der Waals surface area contributed by atoms with E-state index in [1.54, 1.807) is 45.0 Å². The van der Waals surface area contributed by atoms with Crippen LogP contribution < -0.4 is 4.72 Å². The third-order valence-electron chi connectivity index (χ3n) is 4.16. The van der Waals surface area contributed by atoms with Gasteiger partial charge in [-0.05, 0) is 48.9 Å². The van der Waals surface area contributed by atoms with Gasteiger partial charge in [-0.2, -0.15) is 4.31 Å². The molecule has 27 heavy (non-hydrogen) atoms. The van der Waals surface area contributed by atoms with Gasteiger partial charge in [0.05, 0.1) is 9.79 Å². The van der Waals surface area contributed by atoms with Gasteiger partial charge in [0.25, 0.3) is 0 Å². The summed E-state index contributed by atoms with van der Waals surface area (Å²) in [6.07, 6.45) is 0. The average molecular weight is 431 g/mol. The lowest BCUT2D eigenvalue weighted by Gasteiger charge is -2.19. The van der Waals surface area contributed by atoms with Crippen molar-refractivity contribution < 1.29 is 16.8 Å². The fourth-order valence-electron chi connectivity index (χ4n) is 2.65. The first-order valence-electron chi connectivity index (χ1n) is 8.49. The van der Waals surface area contributed by atoms with Crippen LogP contribution in [0.5, 0.6) is 0 Å². The van der Waals surface area contributed by atoms with Crippen molar-refractivity contribution in [2.45, 2.75) is 36.6 Å². The Hall–Kier alpha value is -1.45. The smallest absolute Gasteiger partial charge is 0.207 e. The molecule has 0 spiro atoms. The topological polar surface area (TPSA) is 83.6 Å². The zero-order valence-electron chi connectivity index (χ0n) is 15.4. The van der Waals surface area contributed by atoms with Gasteiger partial charge < -0.3 is 0 Å². The molecule has 1 unspecified atom stereocenters. The number of hydrogen-bond acceptors (Lipinski definition) is 4. The highest BCUT2D eigenvalue weighted by molar-refractivity contribution is 7.89. The molecule has 1 N–H and O–H groups in total. The Morgan fingerprint density at radius 1 is 0.963 bits per heavy atom. The molecule has 2 rings (SSSR count). The maximum absolute atomic E-state index is 12.6. The summed E-state index contributed by atoms with van der Waals surface area (Å²) < 4.78 is 54.1. The van der Waals surface area contributed by atoms with E-state index >= 15 is 0 Å². The number of sulfonamides is 2. The largest absolute Gasteiger partial charge is 0.243 e. The van der Waals surface area contributed by atoms with E-state index in [4.69, 9.17) is 11.6 Å². The van der Waals surface area contributed by atoms with E-state index in [9.17, 15) is 16.8 Å². The second-order valence-corrected chi connectivity index (χ2v) is 10.0. The second-order valence-electron chi connectivity index (χ2n) is 5.96. The zero-order valence-corrected chi connectivity index (χ0v) is 17.8. The van der Waals surface area contributed by atoms with Crippen molar-refractivity contribution >= 4 is 31.6 Å². The molecule has 2 aromatic rings. The van der Waals surface area contributed by atoms with Gasteiger partial charge in [0.2, 0.25) is 20.0 Å². The quantitative estimate of drug-likeness (QED) is 0.695. The number of rotatable bonds is 8. The average Bonchev–Trinajstić information content (AvgIpc) is 2.62. The molecule has 0 aliphatic carbocycles. The molecule has 0 saturated carbocycles. The fourth-order valence-corrected chi connectivity index (χ4v) is 5.54. The van der Waals surface area contributed by atoms with Crippen molar-refractivity contribution in [3.8, 4) is 0 Å². The minimum atomic E-state index is -3.82. The first-order valence-corrected chi connectivity index (χ1v) is 11.8. The lowest BCUT2D eigenvalue weighted by molar-refractivity contribution is 0.445. The zero-order chi connectivity index (χ0) is 20.2. The molecule has 9 heteroatoms. The van der Waals surface area contributed by atoms with Crippen LogP contribution >= 0.6 is 11.6 Å². The molecule has 0 amide bonds. The van der Waals surface area contributed by atoms with Crippen molar-refractivity contribution in [2.75, 3.05) is 13.1 Å². The Labute approximate surface area is 166 Å². The van der Waals surface area contributed by atoms with Crippen LogP contribution in [0.1, 0.15) is 32.4 Å². The van der Waals surface area contributed by atoms with E-state index in [0.717, 1.165) is 5.56 Å². The molecule has 1 atom stereocenters. The van der Waals surface area contributed by atoms with E-state index < -0.39 is 26.1 Å². The lowest BCUT2D eigenvalue weighted by Crippen LogP contribution is -2.30. The summed E-state index contributed by atoms with van der Waals surface area (Å²) in [5.74, 6) is 0. The second kappa shape index (κ2) is 8.70. The Morgan fingerprint density at radius 3 is 2.04 bits per heavy atom. The summed E-state index contributed by atoms with van der Waals surface area (Å²) in [4.78, 5) is 0.0583. The van der Waals surface area contributed by atoms with Crippen LogP contribution in [0.25, 0.3) is 0 Å². The molecule has 148 valence electrons. The van der Waals surface area contributed by atoms with Crippen molar-refractivity contribution in [1.82, 2.24) is 9.03 Å². The fraction of sp³-hybridized carbons (Fsp3) is 0.333. The van der Waals surface area contributed by atoms with Gasteiger partial charge in [-0.15, -0.1) is 0 Å². The highest BCUT2D eigenvalue weighted by Gasteiger charge is 2.23. The number of halogens is 1. The molecule has 0 aliphatic rings. The monoisotopic (exact) mass is 430 g/mol. The summed E-state index contributed by atoms with van der Waals surface area (Å²) in [6, 6.07) is 11.6. The predicted molar refractivity (Wildman–Crippen MR) is 107 cm³/mol. The molecule has 0 bridgehead atoms. The maximum atomic E-state index is 12.6. The van der Waals surface area contributed by atoms with Crippen LogP contribution in [0.15, 0.2) is 58.3 Å². The highest BCUT2D eigenvalue weighted by atomic mass is 35.5. The maximum Gasteiger partial charge on any atom is 0.243 e. The third-order valence-corrected chi connectivity index (χ3v) is 8.01. The number of hydrogen-bond donors (Lipinski definition) is 1. The van der Waals surface area contributed by atoms with Gasteiger partial charge in [-0.25, -0.2) is 21.6 Å². The molecule has 0 heterocycles. The molecular formula is C18H23ClN2O4S2. The van der Waals surface area contributed by atoms with Crippen LogP contribution in [0, 0.1) is 0 Å². The Morgan fingerprint density at radius 2 is 1.52 bits per heavy atom. The van der Waals surface area contributed by atoms with Crippen molar-refractivity contribution in [3.05, 3.63) is 59.1 Å². The minimum Gasteiger partial charge on any atom is -0.207 e. The van der Waals surface area contributed by atoms with Crippen LogP contribution in [0.3, 0.4) is 0 Å². The SMILES string of the molecule is CCN(CC)S(=O)(=O)c1ccc(S(=O)(=O)NC(C)c2cccc(Cl)c2)cc1. The van der Waals surface area contributed by atoms with E-state index in [-0.39, 0.29) is 9.79 Å². The summed E-state index contributed by atoms with van der Waals surface area (Å²) in [5.41, 5.74) is 0.729. The van der Waals surface area contributed by atoms with Crippen molar-refractivity contribution in [3.63, 3.8) is 0 Å². The Balaban J connectivity index is 2.25. The highest BCUT2D eigenvalue weighted by Crippen LogP contribution is 2.22. The van der Waals surface area contributed by atoms with Crippen molar-refractivity contribution in [1.29, 1.82) is 0 Å². The van der Waals surface area contributed by atoms with Crippen LogP contribution in [0.2, 0.25) is 5.02 Å². The summed E-state index contributed by atoms with van der Waals surface area (Å²) in [6.45, 7) is 5.90. The van der Waals surface area contributed by atoms with Crippen LogP contribution in [0.4, 0.5) is 0 Å². The van der Waals surface area contributed by atoms with E-state index in [2.05, 4.69) is 4.72 Å². The van der Waals surface area contributed by atoms with E-state index in [1.807, 2.05) is 0 Å². The minimum absolute atomic E-state index is 0.00475. The number of nitrogens with one attached hydrogen (secondary N) is 1. The first-order chi connectivity index (χ1) is 12.6. The van der Waals surface area contributed by atoms with Gasteiger partial charge in [0.1, 0.15) is 0 Å². The molecule has 0 radical (unpaired) electrons. The van der Waals surface area contributed by atoms with Crippen molar-refractivity contribution in [2.24, 2.45) is 0 Å². The van der Waals surface area contributed by atoms with Gasteiger partial charge in [0.15, 0.2) is 0 Å². The summed E-state index contributed by atoms with van der Waals surface area (Å²) >= 11 is 5.95. The van der Waals surface area contributed by atoms with E-state index in [1.165, 1.54) is 28.6 Å². The lowest BCUT2D eigenvalue weighted by atomic mass is 10.1. The molecule has 0 saturated heterocycles. The molecule has 2 aromatic carbocycles. The Kier molecular flexibility index (Phi) is 7.04. The Bertz CT molecular complexity index is 986. The molecule has 0 aromatic heterocycles. The predicted octanol–water partition coefficient (Wildman–Crippen LogP) is 3.41. The third kappa shape index (κ3) is 5.08. The molecular weight excluding hydrogens is 408 g/mol. The number of nitrogens with zero attached hydrogens (tertiary/aromatic N) is 1. The summed E-state index contributed by atoms with van der Waals surface area (Å²) in [5, 5.41) is 0.518. The molecule has 6 nitrogen and oxygen atoms in total. The molecule has 0 aliphatic heterocycles. The van der Waals surface area contributed by atoms with Gasteiger partial charge >= 0.3 is 0 Å². The normalized spacial score (nSPS) is 13.7. The van der Waals surface area contributed by atoms with Crippen LogP contribution in [-0.2, 0) is 20.0 Å². The summed E-state index contributed by atoms with van der Waals surface area (Å²) in [7, 11) is -7.45. The number of benzene rings is 2. The van der Waals surface area contributed by atoms with Crippen LogP contribution in [-0.4, -0.2) is 34.2 Å². The van der Waals surface area contributed by atoms with E-state index in [0.29, 0.717) is 18.1 Å². The standard InChI is InChI=1S/C18H23ClN2O4S2/c1-4-21(5-2)27(24,25)18-11-9-17(10-12-18)26(22,23)20-14(3)15-7-6-8-16(19)13-15/h6-14,20H,4-5H2,1-3H3. The van der Waals surface area contributed by atoms with Gasteiger partial charge in [-0.1, -0.05) is 37.6 Å². The van der Waals surface area contributed by atoms with Gasteiger partial charge in [-0.3, -0.25) is 0 Å². The van der Waals surface area contributed by atoms with Gasteiger partial charge in [0, 0.05) is 24.2 Å².